The molecule has 0 spiro atoms. The summed E-state index contributed by atoms with van der Waals surface area (Å²) in [5.74, 6) is 1.66. The predicted octanol–water partition coefficient (Wildman–Crippen LogP) is 4.28. The molecular formula is C21H30N4O2S. The Hall–Kier alpha value is -1.86. The molecular weight excluding hydrogens is 372 g/mol. The van der Waals surface area contributed by atoms with E-state index in [-0.39, 0.29) is 5.60 Å². The fourth-order valence-corrected chi connectivity index (χ4v) is 4.75. The minimum absolute atomic E-state index is 0.292. The topological polar surface area (TPSA) is 50.7 Å². The van der Waals surface area contributed by atoms with Crippen LogP contribution in [0.15, 0.2) is 23.7 Å². The zero-order valence-electron chi connectivity index (χ0n) is 17.2. The first-order valence-corrected chi connectivity index (χ1v) is 11.0. The van der Waals surface area contributed by atoms with Gasteiger partial charge in [-0.3, -0.25) is 0 Å². The van der Waals surface area contributed by atoms with E-state index in [0.717, 1.165) is 50.7 Å². The number of aromatic nitrogens is 2. The molecule has 0 radical (unpaired) electrons. The Morgan fingerprint density at radius 2 is 2.07 bits per heavy atom. The molecule has 2 atom stereocenters. The summed E-state index contributed by atoms with van der Waals surface area (Å²) < 4.78 is 11.8. The van der Waals surface area contributed by atoms with Crippen LogP contribution in [-0.2, 0) is 4.74 Å². The van der Waals surface area contributed by atoms with Crippen LogP contribution in [0.5, 0.6) is 5.88 Å². The van der Waals surface area contributed by atoms with Crippen LogP contribution >= 0.6 is 11.3 Å². The van der Waals surface area contributed by atoms with Gasteiger partial charge >= 0.3 is 0 Å². The first-order chi connectivity index (χ1) is 13.4. The van der Waals surface area contributed by atoms with Gasteiger partial charge in [0, 0.05) is 48.5 Å². The molecule has 0 amide bonds. The molecule has 0 saturated carbocycles. The Labute approximate surface area is 171 Å². The Morgan fingerprint density at radius 1 is 1.21 bits per heavy atom. The molecule has 0 N–H and O–H groups in total. The molecule has 2 aliphatic heterocycles. The second kappa shape index (κ2) is 7.87. The minimum Gasteiger partial charge on any atom is -0.472 e. The molecule has 2 fully saturated rings. The number of anilines is 2. The van der Waals surface area contributed by atoms with Crippen LogP contribution in [0.3, 0.4) is 0 Å². The lowest BCUT2D eigenvalue weighted by Crippen LogP contribution is -2.43. The maximum atomic E-state index is 6.19. The van der Waals surface area contributed by atoms with E-state index in [0.29, 0.717) is 18.0 Å². The van der Waals surface area contributed by atoms with Crippen molar-refractivity contribution in [1.82, 2.24) is 9.97 Å². The van der Waals surface area contributed by atoms with Crippen LogP contribution in [-0.4, -0.2) is 47.9 Å². The SMILES string of the molecule is C[C@@H]1COCCN1c1cc(OC(C)(C)C)nc(N2CCCC2c2nccs2)c1. The smallest absolute Gasteiger partial charge is 0.217 e. The average Bonchev–Trinajstić information content (AvgIpc) is 3.31. The van der Waals surface area contributed by atoms with Crippen LogP contribution in [0, 0.1) is 0 Å². The van der Waals surface area contributed by atoms with Gasteiger partial charge < -0.3 is 19.3 Å². The van der Waals surface area contributed by atoms with Gasteiger partial charge in [0.1, 0.15) is 16.4 Å². The molecule has 28 heavy (non-hydrogen) atoms. The normalized spacial score (nSPS) is 23.3. The van der Waals surface area contributed by atoms with Crippen molar-refractivity contribution in [3.05, 3.63) is 28.7 Å². The van der Waals surface area contributed by atoms with Crippen molar-refractivity contribution in [2.24, 2.45) is 0 Å². The van der Waals surface area contributed by atoms with Crippen LogP contribution in [0.1, 0.15) is 51.6 Å². The summed E-state index contributed by atoms with van der Waals surface area (Å²) in [6.07, 6.45) is 4.16. The molecule has 2 aromatic rings. The van der Waals surface area contributed by atoms with E-state index in [9.17, 15) is 0 Å². The van der Waals surface area contributed by atoms with Crippen LogP contribution in [0.2, 0.25) is 0 Å². The quantitative estimate of drug-likeness (QED) is 0.761. The van der Waals surface area contributed by atoms with Crippen molar-refractivity contribution >= 4 is 22.8 Å². The van der Waals surface area contributed by atoms with E-state index in [1.165, 1.54) is 5.01 Å². The number of ether oxygens (including phenoxy) is 2. The lowest BCUT2D eigenvalue weighted by Gasteiger charge is -2.36. The molecule has 4 heterocycles. The van der Waals surface area contributed by atoms with Gasteiger partial charge in [0.2, 0.25) is 5.88 Å². The number of nitrogens with zero attached hydrogens (tertiary/aromatic N) is 4. The largest absolute Gasteiger partial charge is 0.472 e. The van der Waals surface area contributed by atoms with Crippen molar-refractivity contribution < 1.29 is 9.47 Å². The Morgan fingerprint density at radius 3 is 2.79 bits per heavy atom. The third-order valence-electron chi connectivity index (χ3n) is 5.17. The molecule has 1 unspecified atom stereocenters. The fraction of sp³-hybridized carbons (Fsp3) is 0.619. The van der Waals surface area contributed by atoms with Gasteiger partial charge in [0.15, 0.2) is 0 Å². The van der Waals surface area contributed by atoms with Crippen LogP contribution in [0.4, 0.5) is 11.5 Å². The fourth-order valence-electron chi connectivity index (χ4n) is 3.96. The van der Waals surface area contributed by atoms with Gasteiger partial charge in [-0.2, -0.15) is 4.98 Å². The average molecular weight is 403 g/mol. The summed E-state index contributed by atoms with van der Waals surface area (Å²) in [5, 5.41) is 3.22. The van der Waals surface area contributed by atoms with Gasteiger partial charge in [0.25, 0.3) is 0 Å². The highest BCUT2D eigenvalue weighted by Gasteiger charge is 2.31. The summed E-state index contributed by atoms with van der Waals surface area (Å²) in [5.41, 5.74) is 0.865. The summed E-state index contributed by atoms with van der Waals surface area (Å²) in [6, 6.07) is 4.92. The molecule has 152 valence electrons. The van der Waals surface area contributed by atoms with Crippen molar-refractivity contribution in [2.75, 3.05) is 36.1 Å². The first-order valence-electron chi connectivity index (χ1n) is 10.1. The number of hydrogen-bond acceptors (Lipinski definition) is 7. The van der Waals surface area contributed by atoms with E-state index in [2.05, 4.69) is 60.0 Å². The third kappa shape index (κ3) is 4.25. The first kappa shape index (κ1) is 19.5. The van der Waals surface area contributed by atoms with Crippen LogP contribution < -0.4 is 14.5 Å². The summed E-state index contributed by atoms with van der Waals surface area (Å²) in [6.45, 7) is 11.8. The molecule has 0 bridgehead atoms. The number of morpholine rings is 1. The van der Waals surface area contributed by atoms with E-state index in [4.69, 9.17) is 14.5 Å². The highest BCUT2D eigenvalue weighted by Crippen LogP contribution is 2.39. The Balaban J connectivity index is 1.71. The maximum Gasteiger partial charge on any atom is 0.217 e. The lowest BCUT2D eigenvalue weighted by atomic mass is 10.2. The van der Waals surface area contributed by atoms with E-state index < -0.39 is 0 Å². The summed E-state index contributed by atoms with van der Waals surface area (Å²) >= 11 is 1.73. The zero-order valence-corrected chi connectivity index (χ0v) is 18.0. The summed E-state index contributed by atoms with van der Waals surface area (Å²) in [4.78, 5) is 14.3. The second-order valence-electron chi connectivity index (χ2n) is 8.58. The maximum absolute atomic E-state index is 6.19. The molecule has 2 saturated heterocycles. The van der Waals surface area contributed by atoms with E-state index in [1.54, 1.807) is 11.3 Å². The lowest BCUT2D eigenvalue weighted by molar-refractivity contribution is 0.0986. The molecule has 0 aliphatic carbocycles. The molecule has 0 aromatic carbocycles. The second-order valence-corrected chi connectivity index (χ2v) is 9.50. The highest BCUT2D eigenvalue weighted by atomic mass is 32.1. The van der Waals surface area contributed by atoms with Crippen molar-refractivity contribution in [3.63, 3.8) is 0 Å². The van der Waals surface area contributed by atoms with Gasteiger partial charge in [-0.05, 0) is 40.5 Å². The monoisotopic (exact) mass is 402 g/mol. The summed E-state index contributed by atoms with van der Waals surface area (Å²) in [7, 11) is 0. The van der Waals surface area contributed by atoms with Crippen molar-refractivity contribution in [3.8, 4) is 5.88 Å². The Bertz CT molecular complexity index is 790. The molecule has 7 heteroatoms. The van der Waals surface area contributed by atoms with E-state index in [1.807, 2.05) is 6.20 Å². The highest BCUT2D eigenvalue weighted by molar-refractivity contribution is 7.09. The van der Waals surface area contributed by atoms with E-state index >= 15 is 0 Å². The molecule has 6 nitrogen and oxygen atoms in total. The van der Waals surface area contributed by atoms with Crippen molar-refractivity contribution in [2.45, 2.75) is 58.2 Å². The minimum atomic E-state index is -0.292. The number of hydrogen-bond donors (Lipinski definition) is 0. The Kier molecular flexibility index (Phi) is 5.47. The predicted molar refractivity (Wildman–Crippen MR) is 114 cm³/mol. The van der Waals surface area contributed by atoms with Gasteiger partial charge in [-0.1, -0.05) is 0 Å². The molecule has 2 aliphatic rings. The third-order valence-corrected chi connectivity index (χ3v) is 6.04. The molecule has 2 aromatic heterocycles. The molecule has 4 rings (SSSR count). The van der Waals surface area contributed by atoms with Crippen molar-refractivity contribution in [1.29, 1.82) is 0 Å². The zero-order chi connectivity index (χ0) is 19.7. The van der Waals surface area contributed by atoms with Gasteiger partial charge in [-0.15, -0.1) is 11.3 Å². The standard InChI is InChI=1S/C21H30N4O2S/c1-15-14-26-10-9-24(15)16-12-18(23-19(13-16)27-21(2,3)4)25-8-5-6-17(25)20-22-7-11-28-20/h7,11-13,15,17H,5-6,8-10,14H2,1-4H3/t15-,17?/m1/s1. The van der Waals surface area contributed by atoms with Gasteiger partial charge in [0.05, 0.1) is 19.3 Å². The number of thiazole rings is 1. The van der Waals surface area contributed by atoms with Crippen LogP contribution in [0.25, 0.3) is 0 Å². The number of rotatable bonds is 4. The number of pyridine rings is 1. The van der Waals surface area contributed by atoms with Gasteiger partial charge in [-0.25, -0.2) is 4.98 Å².